The number of aromatic nitrogens is 3. The van der Waals surface area contributed by atoms with E-state index in [1.807, 2.05) is 17.9 Å². The number of benzene rings is 1. The molecule has 1 amide bonds. The number of fused-ring (bicyclic) bond motifs is 2. The van der Waals surface area contributed by atoms with Crippen LogP contribution in [0.3, 0.4) is 0 Å². The van der Waals surface area contributed by atoms with Crippen molar-refractivity contribution in [3.05, 3.63) is 64.9 Å². The lowest BCUT2D eigenvalue weighted by Gasteiger charge is -2.45. The average Bonchev–Trinajstić information content (AvgIpc) is 3.60. The molecule has 0 aliphatic carbocycles. The van der Waals surface area contributed by atoms with E-state index in [-0.39, 0.29) is 22.9 Å². The molecule has 0 bridgehead atoms. The Morgan fingerprint density at radius 2 is 1.94 bits per heavy atom. The van der Waals surface area contributed by atoms with E-state index >= 15 is 0 Å². The van der Waals surface area contributed by atoms with E-state index in [4.69, 9.17) is 0 Å². The van der Waals surface area contributed by atoms with Crippen LogP contribution in [-0.2, 0) is 24.3 Å². The highest BCUT2D eigenvalue weighted by Crippen LogP contribution is 2.33. The number of thiophene rings is 1. The molecule has 1 N–H and O–H groups in total. The topological polar surface area (TPSA) is 93.3 Å². The molecule has 2 aliphatic rings. The summed E-state index contributed by atoms with van der Waals surface area (Å²) in [6.45, 7) is 14.1. The number of carbonyl (C=O) groups is 1. The number of amides is 1. The van der Waals surface area contributed by atoms with Crippen molar-refractivity contribution >= 4 is 44.2 Å². The summed E-state index contributed by atoms with van der Waals surface area (Å²) >= 11 is 1.06. The van der Waals surface area contributed by atoms with E-state index in [9.17, 15) is 23.2 Å². The van der Waals surface area contributed by atoms with Gasteiger partial charge in [0.05, 0.1) is 17.8 Å². The van der Waals surface area contributed by atoms with Crippen molar-refractivity contribution in [1.29, 1.82) is 5.26 Å². The number of carbonyl (C=O) groups excluding carboxylic acids is 1. The molecule has 0 unspecified atom stereocenters. The molecule has 0 radical (unpaired) electrons. The van der Waals surface area contributed by atoms with Crippen LogP contribution < -0.4 is 5.32 Å². The first-order valence-electron chi connectivity index (χ1n) is 16.0. The summed E-state index contributed by atoms with van der Waals surface area (Å²) < 4.78 is 40.9. The largest absolute Gasteiger partial charge is 0.393 e. The Morgan fingerprint density at radius 3 is 2.62 bits per heavy atom. The summed E-state index contributed by atoms with van der Waals surface area (Å²) in [5.41, 5.74) is 4.12. The highest BCUT2D eigenvalue weighted by Gasteiger charge is 2.33. The Bertz CT molecular complexity index is 1810. The molecule has 6 rings (SSSR count). The maximum absolute atomic E-state index is 12.9. The van der Waals surface area contributed by atoms with Crippen molar-refractivity contribution in [2.75, 3.05) is 44.6 Å². The van der Waals surface area contributed by atoms with Crippen molar-refractivity contribution in [1.82, 2.24) is 29.2 Å². The maximum atomic E-state index is 12.9. The van der Waals surface area contributed by atoms with Gasteiger partial charge in [0.2, 0.25) is 5.91 Å². The van der Waals surface area contributed by atoms with Crippen LogP contribution in [0.2, 0.25) is 0 Å². The molecule has 2 saturated heterocycles. The van der Waals surface area contributed by atoms with Crippen LogP contribution in [0, 0.1) is 18.3 Å². The number of nitriles is 1. The Kier molecular flexibility index (Phi) is 9.55. The number of anilines is 1. The van der Waals surface area contributed by atoms with Crippen LogP contribution in [-0.4, -0.2) is 92.7 Å². The van der Waals surface area contributed by atoms with Crippen molar-refractivity contribution in [3.8, 4) is 6.07 Å². The van der Waals surface area contributed by atoms with Gasteiger partial charge in [-0.15, -0.1) is 11.3 Å². The monoisotopic (exact) mass is 664 g/mol. The molecule has 5 heterocycles. The minimum Gasteiger partial charge on any atom is -0.367 e. The highest BCUT2D eigenvalue weighted by molar-refractivity contribution is 7.18. The summed E-state index contributed by atoms with van der Waals surface area (Å²) in [5.74, 6) is 0.565. The van der Waals surface area contributed by atoms with Gasteiger partial charge in [0.25, 0.3) is 0 Å². The van der Waals surface area contributed by atoms with E-state index in [2.05, 4.69) is 61.4 Å². The predicted molar refractivity (Wildman–Crippen MR) is 178 cm³/mol. The Balaban J connectivity index is 1.05. The van der Waals surface area contributed by atoms with Gasteiger partial charge >= 0.3 is 6.18 Å². The van der Waals surface area contributed by atoms with Gasteiger partial charge in [0, 0.05) is 74.2 Å². The molecule has 2 fully saturated rings. The third-order valence-electron chi connectivity index (χ3n) is 9.48. The average molecular weight is 665 g/mol. The third kappa shape index (κ3) is 7.15. The van der Waals surface area contributed by atoms with Gasteiger partial charge in [-0.3, -0.25) is 14.6 Å². The second-order valence-electron chi connectivity index (χ2n) is 12.5. The first-order chi connectivity index (χ1) is 22.6. The number of alkyl halides is 3. The van der Waals surface area contributed by atoms with Crippen molar-refractivity contribution in [2.45, 2.75) is 64.5 Å². The fourth-order valence-electron chi connectivity index (χ4n) is 6.88. The fourth-order valence-corrected chi connectivity index (χ4v) is 7.90. The lowest BCUT2D eigenvalue weighted by molar-refractivity contribution is -0.131. The number of nitrogens with zero attached hydrogens (tertiary/aromatic N) is 7. The minimum absolute atomic E-state index is 0.0290. The Labute approximate surface area is 276 Å². The molecule has 3 aromatic heterocycles. The molecular formula is C34H39F3N8OS. The zero-order chi connectivity index (χ0) is 33.3. The smallest absolute Gasteiger partial charge is 0.367 e. The lowest BCUT2D eigenvalue weighted by Crippen LogP contribution is -2.60. The van der Waals surface area contributed by atoms with Gasteiger partial charge < -0.3 is 14.8 Å². The van der Waals surface area contributed by atoms with Crippen LogP contribution in [0.4, 0.5) is 19.0 Å². The molecule has 0 saturated carbocycles. The lowest BCUT2D eigenvalue weighted by atomic mass is 10.0. The van der Waals surface area contributed by atoms with Crippen LogP contribution in [0.25, 0.3) is 21.1 Å². The molecule has 47 heavy (non-hydrogen) atoms. The van der Waals surface area contributed by atoms with Crippen molar-refractivity contribution in [3.63, 3.8) is 0 Å². The first-order valence-corrected chi connectivity index (χ1v) is 16.8. The predicted octanol–water partition coefficient (Wildman–Crippen LogP) is 5.73. The quantitative estimate of drug-likeness (QED) is 0.205. The number of aryl methyl sites for hydroxylation is 1. The molecule has 1 aromatic carbocycles. The van der Waals surface area contributed by atoms with E-state index in [1.54, 1.807) is 6.07 Å². The van der Waals surface area contributed by atoms with E-state index in [0.29, 0.717) is 34.8 Å². The molecular weight excluding hydrogens is 625 g/mol. The summed E-state index contributed by atoms with van der Waals surface area (Å²) in [7, 11) is 0. The summed E-state index contributed by atoms with van der Waals surface area (Å²) in [6.07, 6.45) is -0.664. The molecule has 13 heteroatoms. The second-order valence-corrected chi connectivity index (χ2v) is 13.6. The maximum Gasteiger partial charge on any atom is 0.393 e. The minimum atomic E-state index is -4.26. The van der Waals surface area contributed by atoms with Crippen molar-refractivity contribution < 1.29 is 18.0 Å². The second kappa shape index (κ2) is 13.6. The van der Waals surface area contributed by atoms with Gasteiger partial charge in [-0.25, -0.2) is 9.97 Å². The Morgan fingerprint density at radius 1 is 1.17 bits per heavy atom. The number of halogens is 3. The Hall–Kier alpha value is -3.99. The number of likely N-dealkylation sites (N-methyl/N-ethyl adjacent to an activating group) is 1. The number of piperidine rings is 1. The van der Waals surface area contributed by atoms with E-state index < -0.39 is 12.6 Å². The molecule has 2 aliphatic heterocycles. The third-order valence-corrected chi connectivity index (χ3v) is 10.5. The van der Waals surface area contributed by atoms with E-state index in [0.717, 1.165) is 74.3 Å². The van der Waals surface area contributed by atoms with Gasteiger partial charge in [-0.1, -0.05) is 12.6 Å². The zero-order valence-electron chi connectivity index (χ0n) is 26.7. The van der Waals surface area contributed by atoms with Gasteiger partial charge in [-0.05, 0) is 62.1 Å². The molecule has 9 nitrogen and oxygen atoms in total. The van der Waals surface area contributed by atoms with Crippen LogP contribution >= 0.6 is 11.3 Å². The number of likely N-dealkylation sites (tertiary alicyclic amines) is 2. The number of hydrogen-bond acceptors (Lipinski definition) is 8. The first kappa shape index (κ1) is 32.9. The molecule has 0 atom stereocenters. The highest BCUT2D eigenvalue weighted by atomic mass is 32.1. The normalized spacial score (nSPS) is 16.8. The van der Waals surface area contributed by atoms with Crippen LogP contribution in [0.5, 0.6) is 0 Å². The standard InChI is InChI=1S/C34H39F3N8OS/c1-4-31(46)44(5-2)26-19-43(20-26)12-13-45-25(17-38)14-28-22(3)23(6-7-30(28)45)18-42-10-8-24(9-11-42)41-32-29-15-27(16-34(35,36)37)47-33(29)40-21-39-32/h4,6-7,14-15,21,24,26H,1,5,8-13,16,18-20H2,2-3H3,(H,39,40,41). The molecule has 0 spiro atoms. The number of rotatable bonds is 11. The zero-order valence-corrected chi connectivity index (χ0v) is 27.5. The van der Waals surface area contributed by atoms with Crippen molar-refractivity contribution in [2.24, 2.45) is 0 Å². The fraction of sp³-hybridized carbons (Fsp3) is 0.471. The summed E-state index contributed by atoms with van der Waals surface area (Å²) in [6, 6.07) is 10.6. The number of nitrogens with one attached hydrogen (secondary N) is 1. The SMILES string of the molecule is C=CC(=O)N(CC)C1CN(CCn2c(C#N)cc3c(C)c(CN4CCC(Nc5ncnc6sc(CC(F)(F)F)cc56)CC4)ccc32)C1. The van der Waals surface area contributed by atoms with Gasteiger partial charge in [0.1, 0.15) is 28.7 Å². The molecule has 248 valence electrons. The number of hydrogen-bond donors (Lipinski definition) is 1. The summed E-state index contributed by atoms with van der Waals surface area (Å²) in [5, 5.41) is 15.2. The summed E-state index contributed by atoms with van der Waals surface area (Å²) in [4.78, 5) is 28.0. The molecule has 4 aromatic rings. The van der Waals surface area contributed by atoms with Gasteiger partial charge in [-0.2, -0.15) is 18.4 Å². The van der Waals surface area contributed by atoms with Crippen LogP contribution in [0.15, 0.2) is 43.2 Å². The van der Waals surface area contributed by atoms with Crippen LogP contribution in [0.1, 0.15) is 41.5 Å². The van der Waals surface area contributed by atoms with E-state index in [1.165, 1.54) is 23.5 Å². The van der Waals surface area contributed by atoms with Gasteiger partial charge in [0.15, 0.2) is 0 Å².